The molecule has 0 aliphatic carbocycles. The first-order valence-corrected chi connectivity index (χ1v) is 15.7. The standard InChI is InChI=1S/C32H42N2O14/c1-7-8-9-10-11-12-15-42-29-26(23-14-13-22(34(40)41)16-24(23)33(6)31(29)39)48-32-30(46-21(5)38)28(45-20(4)37)27(44-19(3)36)25(47-32)17-43-18(2)35/h13-14,16,25,27-28,30,32H,7-12,15,17H2,1-6H3/t25-,27-,28+,30-,32+/m1/s1. The van der Waals surface area contributed by atoms with Gasteiger partial charge in [-0.15, -0.1) is 0 Å². The summed E-state index contributed by atoms with van der Waals surface area (Å²) in [7, 11) is 1.42. The van der Waals surface area contributed by atoms with Crippen LogP contribution in [0.2, 0.25) is 0 Å². The molecule has 2 heterocycles. The van der Waals surface area contributed by atoms with Crippen molar-refractivity contribution >= 4 is 40.5 Å². The van der Waals surface area contributed by atoms with Gasteiger partial charge in [0.25, 0.3) is 11.2 Å². The number of hydrogen-bond acceptors (Lipinski definition) is 14. The Morgan fingerprint density at radius 1 is 0.854 bits per heavy atom. The lowest BCUT2D eigenvalue weighted by atomic mass is 9.98. The summed E-state index contributed by atoms with van der Waals surface area (Å²) < 4.78 is 41.0. The van der Waals surface area contributed by atoms with Gasteiger partial charge < -0.3 is 37.7 Å². The van der Waals surface area contributed by atoms with Gasteiger partial charge in [0.15, 0.2) is 18.0 Å². The quantitative estimate of drug-likeness (QED) is 0.0819. The van der Waals surface area contributed by atoms with Gasteiger partial charge in [-0.2, -0.15) is 0 Å². The molecule has 0 N–H and O–H groups in total. The van der Waals surface area contributed by atoms with Crippen molar-refractivity contribution in [3.8, 4) is 11.5 Å². The molecule has 1 saturated heterocycles. The fourth-order valence-electron chi connectivity index (χ4n) is 5.28. The van der Waals surface area contributed by atoms with Crippen molar-refractivity contribution in [2.75, 3.05) is 13.2 Å². The van der Waals surface area contributed by atoms with Gasteiger partial charge >= 0.3 is 23.9 Å². The second-order valence-corrected chi connectivity index (χ2v) is 11.3. The molecule has 16 nitrogen and oxygen atoms in total. The Labute approximate surface area is 276 Å². The van der Waals surface area contributed by atoms with Crippen LogP contribution in [0.1, 0.15) is 73.1 Å². The molecule has 1 aromatic heterocycles. The minimum absolute atomic E-state index is 0.113. The molecular weight excluding hydrogens is 636 g/mol. The van der Waals surface area contributed by atoms with Gasteiger partial charge in [0.1, 0.15) is 12.7 Å². The highest BCUT2D eigenvalue weighted by Crippen LogP contribution is 2.38. The number of hydrogen-bond donors (Lipinski definition) is 0. The highest BCUT2D eigenvalue weighted by atomic mass is 16.7. The number of carbonyl (C=O) groups is 4. The molecule has 1 aromatic carbocycles. The average molecular weight is 679 g/mol. The molecule has 1 aliphatic rings. The molecule has 0 amide bonds. The smallest absolute Gasteiger partial charge is 0.303 e. The van der Waals surface area contributed by atoms with Gasteiger partial charge in [0, 0.05) is 52.3 Å². The lowest BCUT2D eigenvalue weighted by Gasteiger charge is -2.44. The summed E-state index contributed by atoms with van der Waals surface area (Å²) in [6, 6.07) is 3.77. The molecule has 0 spiro atoms. The maximum absolute atomic E-state index is 13.7. The summed E-state index contributed by atoms with van der Waals surface area (Å²) in [6.07, 6.45) is -1.85. The number of fused-ring (bicyclic) bond motifs is 1. The third-order valence-electron chi connectivity index (χ3n) is 7.43. The van der Waals surface area contributed by atoms with Crippen molar-refractivity contribution in [2.24, 2.45) is 7.05 Å². The Morgan fingerprint density at radius 2 is 1.46 bits per heavy atom. The second kappa shape index (κ2) is 17.4. The van der Waals surface area contributed by atoms with Crippen molar-refractivity contribution < 1.29 is 57.3 Å². The summed E-state index contributed by atoms with van der Waals surface area (Å²) in [5.74, 6) is -3.64. The maximum Gasteiger partial charge on any atom is 0.303 e. The molecule has 0 bridgehead atoms. The number of nitrogens with zero attached hydrogens (tertiary/aromatic N) is 2. The van der Waals surface area contributed by atoms with E-state index in [2.05, 4.69) is 6.92 Å². The Morgan fingerprint density at radius 3 is 2.06 bits per heavy atom. The summed E-state index contributed by atoms with van der Waals surface area (Å²) in [6.45, 7) is 6.14. The molecule has 2 aromatic rings. The van der Waals surface area contributed by atoms with Crippen LogP contribution in [0.3, 0.4) is 0 Å². The van der Waals surface area contributed by atoms with Crippen LogP contribution in [-0.2, 0) is 49.9 Å². The molecule has 0 saturated carbocycles. The number of carbonyl (C=O) groups excluding carboxylic acids is 4. The van der Waals surface area contributed by atoms with Gasteiger partial charge in [0.05, 0.1) is 17.0 Å². The molecular formula is C32H42N2O14. The predicted molar refractivity (Wildman–Crippen MR) is 167 cm³/mol. The third-order valence-corrected chi connectivity index (χ3v) is 7.43. The fraction of sp³-hybridized carbons (Fsp3) is 0.594. The second-order valence-electron chi connectivity index (χ2n) is 11.3. The first-order valence-electron chi connectivity index (χ1n) is 15.7. The summed E-state index contributed by atoms with van der Waals surface area (Å²) in [5.41, 5.74) is -0.868. The number of unbranched alkanes of at least 4 members (excludes halogenated alkanes) is 5. The number of benzene rings is 1. The van der Waals surface area contributed by atoms with E-state index in [0.717, 1.165) is 59.8 Å². The largest absolute Gasteiger partial charge is 0.485 e. The van der Waals surface area contributed by atoms with E-state index in [-0.39, 0.29) is 34.7 Å². The summed E-state index contributed by atoms with van der Waals surface area (Å²) in [4.78, 5) is 73.0. The first kappa shape index (κ1) is 37.7. The summed E-state index contributed by atoms with van der Waals surface area (Å²) >= 11 is 0. The van der Waals surface area contributed by atoms with E-state index in [9.17, 15) is 34.1 Å². The van der Waals surface area contributed by atoms with Crippen LogP contribution in [0.4, 0.5) is 5.69 Å². The first-order chi connectivity index (χ1) is 22.7. The van der Waals surface area contributed by atoms with Crippen molar-refractivity contribution in [2.45, 2.75) is 104 Å². The number of pyridine rings is 1. The monoisotopic (exact) mass is 678 g/mol. The number of aromatic nitrogens is 1. The van der Waals surface area contributed by atoms with Crippen LogP contribution in [0.25, 0.3) is 10.9 Å². The molecule has 264 valence electrons. The number of ether oxygens (including phenoxy) is 7. The van der Waals surface area contributed by atoms with Crippen LogP contribution >= 0.6 is 0 Å². The predicted octanol–water partition coefficient (Wildman–Crippen LogP) is 3.65. The van der Waals surface area contributed by atoms with Gasteiger partial charge in [-0.25, -0.2) is 0 Å². The van der Waals surface area contributed by atoms with E-state index in [0.29, 0.717) is 6.42 Å². The van der Waals surface area contributed by atoms with Crippen LogP contribution in [-0.4, -0.2) is 77.3 Å². The lowest BCUT2D eigenvalue weighted by molar-refractivity contribution is -0.384. The number of esters is 4. The number of aryl methyl sites for hydroxylation is 1. The van der Waals surface area contributed by atoms with Crippen LogP contribution < -0.4 is 15.0 Å². The summed E-state index contributed by atoms with van der Waals surface area (Å²) in [5, 5.41) is 11.8. The highest BCUT2D eigenvalue weighted by molar-refractivity contribution is 5.89. The minimum atomic E-state index is -1.67. The minimum Gasteiger partial charge on any atom is -0.485 e. The maximum atomic E-state index is 13.7. The van der Waals surface area contributed by atoms with Gasteiger partial charge in [0.2, 0.25) is 18.1 Å². The Hall–Kier alpha value is -4.73. The van der Waals surface area contributed by atoms with Crippen LogP contribution in [0.15, 0.2) is 23.0 Å². The Bertz CT molecular complexity index is 1550. The van der Waals surface area contributed by atoms with Crippen LogP contribution in [0, 0.1) is 10.1 Å². The van der Waals surface area contributed by atoms with E-state index in [1.54, 1.807) is 0 Å². The molecule has 0 radical (unpaired) electrons. The number of rotatable bonds is 16. The molecule has 1 fully saturated rings. The Kier molecular flexibility index (Phi) is 13.7. The van der Waals surface area contributed by atoms with E-state index in [1.807, 2.05) is 0 Å². The molecule has 1 aliphatic heterocycles. The van der Waals surface area contributed by atoms with Crippen molar-refractivity contribution in [3.05, 3.63) is 38.7 Å². The van der Waals surface area contributed by atoms with Gasteiger partial charge in [-0.3, -0.25) is 34.1 Å². The number of non-ortho nitro benzene ring substituents is 1. The molecule has 0 unspecified atom stereocenters. The van der Waals surface area contributed by atoms with Crippen molar-refractivity contribution in [3.63, 3.8) is 0 Å². The zero-order valence-corrected chi connectivity index (χ0v) is 27.9. The van der Waals surface area contributed by atoms with Crippen molar-refractivity contribution in [1.29, 1.82) is 0 Å². The molecule has 5 atom stereocenters. The molecule has 16 heteroatoms. The molecule has 3 rings (SSSR count). The average Bonchev–Trinajstić information content (AvgIpc) is 3.01. The fourth-order valence-corrected chi connectivity index (χ4v) is 5.28. The molecule has 48 heavy (non-hydrogen) atoms. The Balaban J connectivity index is 2.17. The van der Waals surface area contributed by atoms with E-state index >= 15 is 0 Å². The number of nitro groups is 1. The van der Waals surface area contributed by atoms with Crippen LogP contribution in [0.5, 0.6) is 11.5 Å². The van der Waals surface area contributed by atoms with Crippen molar-refractivity contribution in [1.82, 2.24) is 4.57 Å². The lowest BCUT2D eigenvalue weighted by Crippen LogP contribution is -2.63. The van der Waals surface area contributed by atoms with Gasteiger partial charge in [-0.05, 0) is 12.5 Å². The third kappa shape index (κ3) is 9.89. The normalized spacial score (nSPS) is 20.4. The topological polar surface area (TPSA) is 198 Å². The van der Waals surface area contributed by atoms with Gasteiger partial charge in [-0.1, -0.05) is 39.0 Å². The zero-order chi connectivity index (χ0) is 35.5. The number of nitro benzene ring substituents is 1. The van der Waals surface area contributed by atoms with E-state index < -0.39 is 71.7 Å². The highest BCUT2D eigenvalue weighted by Gasteiger charge is 2.53. The zero-order valence-electron chi connectivity index (χ0n) is 27.9. The van der Waals surface area contributed by atoms with E-state index in [4.69, 9.17) is 33.2 Å². The van der Waals surface area contributed by atoms with E-state index in [1.165, 1.54) is 29.8 Å². The SMILES string of the molecule is CCCCCCCCOc1c(O[C@@H]2O[C@H](COC(C)=O)[C@@H](OC(C)=O)[C@H](OC(C)=O)[C@H]2OC(C)=O)c2ccc([N+](=O)[O-])cc2n(C)c1=O.